The van der Waals surface area contributed by atoms with Crippen molar-refractivity contribution in [2.45, 2.75) is 31.8 Å². The van der Waals surface area contributed by atoms with Gasteiger partial charge in [0.1, 0.15) is 0 Å². The molecule has 1 saturated heterocycles. The van der Waals surface area contributed by atoms with E-state index >= 15 is 0 Å². The molecule has 5 heteroatoms. The third kappa shape index (κ3) is 3.20. The quantitative estimate of drug-likeness (QED) is 0.890. The summed E-state index contributed by atoms with van der Waals surface area (Å²) in [5, 5.41) is 10.1. The molecular formula is C23H27N3O2. The summed E-state index contributed by atoms with van der Waals surface area (Å²) in [6.45, 7) is 2.84. The van der Waals surface area contributed by atoms with Crippen molar-refractivity contribution in [1.29, 1.82) is 0 Å². The second-order valence-electron chi connectivity index (χ2n) is 7.70. The first-order valence-corrected chi connectivity index (χ1v) is 9.92. The lowest BCUT2D eigenvalue weighted by Crippen LogP contribution is -2.48. The molecule has 1 fully saturated rings. The number of nitrogens with zero attached hydrogens (tertiary/aromatic N) is 3. The third-order valence-electron chi connectivity index (χ3n) is 6.16. The van der Waals surface area contributed by atoms with Gasteiger partial charge in [0, 0.05) is 37.6 Å². The maximum atomic E-state index is 13.2. The monoisotopic (exact) mass is 377 g/mol. The number of fused-ring (bicyclic) bond motifs is 3. The van der Waals surface area contributed by atoms with Crippen molar-refractivity contribution >= 4 is 17.7 Å². The molecule has 4 rings (SSSR count). The zero-order valence-electron chi connectivity index (χ0n) is 16.5. The number of likely N-dealkylation sites (tertiary alicyclic amines) is 1. The Morgan fingerprint density at radius 3 is 2.79 bits per heavy atom. The number of likely N-dealkylation sites (N-methyl/N-ethyl adjacent to an activating group) is 1. The first-order chi connectivity index (χ1) is 13.6. The second kappa shape index (κ2) is 7.76. The number of carbonyl (C=O) groups is 1. The lowest BCUT2D eigenvalue weighted by molar-refractivity contribution is -0.132. The van der Waals surface area contributed by atoms with E-state index in [4.69, 9.17) is 0 Å². The summed E-state index contributed by atoms with van der Waals surface area (Å²) < 4.78 is 0. The van der Waals surface area contributed by atoms with Crippen LogP contribution in [0.15, 0.2) is 48.8 Å². The molecule has 0 radical (unpaired) electrons. The largest absolute Gasteiger partial charge is 0.394 e. The summed E-state index contributed by atoms with van der Waals surface area (Å²) in [6, 6.07) is 10.3. The van der Waals surface area contributed by atoms with Crippen molar-refractivity contribution in [3.05, 3.63) is 65.5 Å². The highest BCUT2D eigenvalue weighted by atomic mass is 16.3. The van der Waals surface area contributed by atoms with Crippen molar-refractivity contribution < 1.29 is 9.90 Å². The number of pyridine rings is 1. The Bertz CT molecular complexity index is 881. The lowest BCUT2D eigenvalue weighted by Gasteiger charge is -2.44. The number of benzene rings is 1. The maximum Gasteiger partial charge on any atom is 0.227 e. The average Bonchev–Trinajstić information content (AvgIpc) is 3.14. The number of carbonyl (C=O) groups excluding carboxylic acids is 1. The Morgan fingerprint density at radius 1 is 1.29 bits per heavy atom. The molecule has 0 saturated carbocycles. The van der Waals surface area contributed by atoms with Crippen LogP contribution in [0, 0.1) is 5.92 Å². The fourth-order valence-corrected chi connectivity index (χ4v) is 4.83. The fraction of sp³-hybridized carbons (Fsp3) is 0.391. The van der Waals surface area contributed by atoms with E-state index in [-0.39, 0.29) is 30.5 Å². The Morgan fingerprint density at radius 2 is 2.07 bits per heavy atom. The van der Waals surface area contributed by atoms with Gasteiger partial charge in [0.2, 0.25) is 5.91 Å². The highest BCUT2D eigenvalue weighted by molar-refractivity contribution is 5.80. The Labute approximate surface area is 166 Å². The van der Waals surface area contributed by atoms with Crippen LogP contribution in [0.2, 0.25) is 0 Å². The molecule has 3 atom stereocenters. The van der Waals surface area contributed by atoms with Gasteiger partial charge in [-0.3, -0.25) is 9.78 Å². The second-order valence-corrected chi connectivity index (χ2v) is 7.70. The molecular weight excluding hydrogens is 350 g/mol. The zero-order valence-corrected chi connectivity index (χ0v) is 16.5. The fourth-order valence-electron chi connectivity index (χ4n) is 4.83. The molecule has 0 bridgehead atoms. The van der Waals surface area contributed by atoms with Crippen LogP contribution in [-0.2, 0) is 11.2 Å². The van der Waals surface area contributed by atoms with E-state index in [2.05, 4.69) is 34.2 Å². The number of anilines is 1. The molecule has 146 valence electrons. The van der Waals surface area contributed by atoms with Gasteiger partial charge in [0.15, 0.2) is 0 Å². The van der Waals surface area contributed by atoms with E-state index < -0.39 is 0 Å². The van der Waals surface area contributed by atoms with Crippen molar-refractivity contribution in [2.75, 3.05) is 25.1 Å². The van der Waals surface area contributed by atoms with Gasteiger partial charge in [-0.15, -0.1) is 0 Å². The topological polar surface area (TPSA) is 56.7 Å². The predicted octanol–water partition coefficient (Wildman–Crippen LogP) is 3.06. The first kappa shape index (κ1) is 18.7. The van der Waals surface area contributed by atoms with Gasteiger partial charge in [-0.05, 0) is 54.3 Å². The van der Waals surface area contributed by atoms with Gasteiger partial charge in [-0.1, -0.05) is 18.2 Å². The van der Waals surface area contributed by atoms with E-state index in [1.807, 2.05) is 37.1 Å². The van der Waals surface area contributed by atoms with Crippen LogP contribution in [-0.4, -0.2) is 47.1 Å². The van der Waals surface area contributed by atoms with E-state index in [1.54, 1.807) is 12.4 Å². The molecule has 2 aromatic rings. The smallest absolute Gasteiger partial charge is 0.227 e. The number of aliphatic hydroxyl groups is 1. The van der Waals surface area contributed by atoms with Gasteiger partial charge in [-0.2, -0.15) is 0 Å². The van der Waals surface area contributed by atoms with Crippen LogP contribution in [0.4, 0.5) is 5.69 Å². The molecule has 2 aliphatic heterocycles. The van der Waals surface area contributed by atoms with Crippen molar-refractivity contribution in [1.82, 2.24) is 9.88 Å². The van der Waals surface area contributed by atoms with Crippen LogP contribution in [0.1, 0.15) is 36.1 Å². The minimum Gasteiger partial charge on any atom is -0.394 e. The minimum absolute atomic E-state index is 0.0166. The van der Waals surface area contributed by atoms with Crippen LogP contribution in [0.25, 0.3) is 6.08 Å². The maximum absolute atomic E-state index is 13.2. The molecule has 1 aromatic heterocycles. The van der Waals surface area contributed by atoms with Gasteiger partial charge in [0.05, 0.1) is 25.1 Å². The van der Waals surface area contributed by atoms with Gasteiger partial charge >= 0.3 is 0 Å². The van der Waals surface area contributed by atoms with Crippen LogP contribution < -0.4 is 4.90 Å². The van der Waals surface area contributed by atoms with Crippen LogP contribution >= 0.6 is 0 Å². The van der Waals surface area contributed by atoms with Gasteiger partial charge < -0.3 is 14.9 Å². The van der Waals surface area contributed by atoms with E-state index in [9.17, 15) is 9.90 Å². The molecule has 1 amide bonds. The number of hydrogen-bond acceptors (Lipinski definition) is 4. The van der Waals surface area contributed by atoms with E-state index in [0.717, 1.165) is 29.8 Å². The molecule has 0 aliphatic carbocycles. The highest BCUT2D eigenvalue weighted by Crippen LogP contribution is 2.48. The predicted molar refractivity (Wildman–Crippen MR) is 111 cm³/mol. The van der Waals surface area contributed by atoms with Gasteiger partial charge in [-0.25, -0.2) is 0 Å². The summed E-state index contributed by atoms with van der Waals surface area (Å²) in [5.74, 6) is 0.382. The van der Waals surface area contributed by atoms with Crippen LogP contribution in [0.5, 0.6) is 0 Å². The first-order valence-electron chi connectivity index (χ1n) is 9.92. The molecule has 28 heavy (non-hydrogen) atoms. The summed E-state index contributed by atoms with van der Waals surface area (Å²) >= 11 is 0. The summed E-state index contributed by atoms with van der Waals surface area (Å²) in [5.41, 5.74) is 4.42. The minimum atomic E-state index is 0.0166. The molecule has 1 N–H and O–H groups in total. The van der Waals surface area contributed by atoms with E-state index in [0.29, 0.717) is 6.42 Å². The molecule has 3 heterocycles. The number of aromatic nitrogens is 1. The number of allylic oxidation sites excluding steroid dienone is 1. The van der Waals surface area contributed by atoms with Crippen molar-refractivity contribution in [2.24, 2.45) is 5.92 Å². The Kier molecular flexibility index (Phi) is 5.18. The zero-order chi connectivity index (χ0) is 19.7. The lowest BCUT2D eigenvalue weighted by atomic mass is 9.81. The number of rotatable bonds is 4. The molecule has 0 unspecified atom stereocenters. The molecule has 2 aliphatic rings. The van der Waals surface area contributed by atoms with Crippen LogP contribution in [0.3, 0.4) is 0 Å². The summed E-state index contributed by atoms with van der Waals surface area (Å²) in [7, 11) is 2.05. The molecule has 1 aromatic carbocycles. The highest BCUT2D eigenvalue weighted by Gasteiger charge is 2.47. The number of amides is 1. The summed E-state index contributed by atoms with van der Waals surface area (Å²) in [6.07, 6.45) is 8.87. The standard InChI is InChI=1S/C23H27N3O2/c1-3-4-16-5-6-20-19(13-16)23-18(21(15-27)25(20)2)9-12-26(23)22(28)14-17-7-10-24-11-8-17/h3-8,10-11,13,18,21,23,27H,9,12,14-15H2,1-2H3/b4-3+/t18-,21-,23-/m0/s1. The number of aliphatic hydroxyl groups excluding tert-OH is 1. The van der Waals surface area contributed by atoms with Crippen molar-refractivity contribution in [3.8, 4) is 0 Å². The van der Waals surface area contributed by atoms with Gasteiger partial charge in [0.25, 0.3) is 0 Å². The summed E-state index contributed by atoms with van der Waals surface area (Å²) in [4.78, 5) is 21.4. The molecule has 0 spiro atoms. The average molecular weight is 377 g/mol. The SMILES string of the molecule is C/C=C/c1ccc2c(c1)[C@@H]1[C@@H](CCN1C(=O)Cc1ccncc1)[C@H](CO)N2C. The normalized spacial score (nSPS) is 23.8. The number of hydrogen-bond donors (Lipinski definition) is 1. The van der Waals surface area contributed by atoms with E-state index in [1.165, 1.54) is 5.56 Å². The third-order valence-corrected chi connectivity index (χ3v) is 6.16. The Hall–Kier alpha value is -2.66. The molecule has 5 nitrogen and oxygen atoms in total. The Balaban J connectivity index is 1.71. The van der Waals surface area contributed by atoms with Crippen molar-refractivity contribution in [3.63, 3.8) is 0 Å².